The maximum Gasteiger partial charge on any atom is 0.237 e. The predicted octanol–water partition coefficient (Wildman–Crippen LogP) is 1.39. The molecular formula is C13H13ClN4O. The van der Waals surface area contributed by atoms with Crippen molar-refractivity contribution in [3.8, 4) is 5.82 Å². The summed E-state index contributed by atoms with van der Waals surface area (Å²) < 4.78 is 1.76. The zero-order valence-corrected chi connectivity index (χ0v) is 11.0. The van der Waals surface area contributed by atoms with E-state index in [1.165, 1.54) is 0 Å². The SMILES string of the molecule is O=C(CCl)N1CCc2nn(-c3ccccn3)cc2C1. The number of nitrogens with zero attached hydrogens (tertiary/aromatic N) is 4. The van der Waals surface area contributed by atoms with Crippen molar-refractivity contribution in [2.45, 2.75) is 13.0 Å². The molecule has 0 aliphatic carbocycles. The molecule has 0 spiro atoms. The van der Waals surface area contributed by atoms with Crippen molar-refractivity contribution in [1.82, 2.24) is 19.7 Å². The van der Waals surface area contributed by atoms with Gasteiger partial charge in [0.15, 0.2) is 5.82 Å². The second-order valence-corrected chi connectivity index (χ2v) is 4.70. The molecule has 0 radical (unpaired) electrons. The number of hydrogen-bond donors (Lipinski definition) is 0. The van der Waals surface area contributed by atoms with Crippen molar-refractivity contribution in [2.75, 3.05) is 12.4 Å². The fraction of sp³-hybridized carbons (Fsp3) is 0.308. The lowest BCUT2D eigenvalue weighted by Crippen LogP contribution is -2.36. The van der Waals surface area contributed by atoms with Gasteiger partial charge in [0.05, 0.1) is 5.69 Å². The first-order valence-electron chi connectivity index (χ1n) is 6.10. The molecule has 3 heterocycles. The Morgan fingerprint density at radius 3 is 3.05 bits per heavy atom. The van der Waals surface area contributed by atoms with Gasteiger partial charge in [-0.1, -0.05) is 6.07 Å². The zero-order valence-electron chi connectivity index (χ0n) is 10.3. The van der Waals surface area contributed by atoms with E-state index in [9.17, 15) is 4.79 Å². The summed E-state index contributed by atoms with van der Waals surface area (Å²) in [6.07, 6.45) is 4.43. The summed E-state index contributed by atoms with van der Waals surface area (Å²) >= 11 is 5.59. The Hall–Kier alpha value is -1.88. The lowest BCUT2D eigenvalue weighted by atomic mass is 10.1. The molecule has 0 saturated carbocycles. The van der Waals surface area contributed by atoms with Crippen LogP contribution >= 0.6 is 11.6 Å². The summed E-state index contributed by atoms with van der Waals surface area (Å²) in [7, 11) is 0. The summed E-state index contributed by atoms with van der Waals surface area (Å²) in [4.78, 5) is 17.6. The Morgan fingerprint density at radius 2 is 2.32 bits per heavy atom. The van der Waals surface area contributed by atoms with E-state index in [2.05, 4.69) is 10.1 Å². The maximum absolute atomic E-state index is 11.6. The molecule has 0 saturated heterocycles. The molecule has 0 unspecified atom stereocenters. The summed E-state index contributed by atoms with van der Waals surface area (Å²) in [5.41, 5.74) is 2.10. The van der Waals surface area contributed by atoms with E-state index in [0.29, 0.717) is 13.1 Å². The van der Waals surface area contributed by atoms with Crippen LogP contribution < -0.4 is 0 Å². The van der Waals surface area contributed by atoms with Crippen LogP contribution in [-0.2, 0) is 17.8 Å². The Bertz CT molecular complexity index is 596. The molecule has 2 aromatic rings. The van der Waals surface area contributed by atoms with Gasteiger partial charge in [0.1, 0.15) is 5.88 Å². The van der Waals surface area contributed by atoms with Gasteiger partial charge in [0.2, 0.25) is 5.91 Å². The molecule has 1 amide bonds. The van der Waals surface area contributed by atoms with Crippen LogP contribution in [0.5, 0.6) is 0 Å². The summed E-state index contributed by atoms with van der Waals surface area (Å²) in [6.45, 7) is 1.26. The summed E-state index contributed by atoms with van der Waals surface area (Å²) in [5, 5.41) is 4.52. The third-order valence-electron chi connectivity index (χ3n) is 3.21. The van der Waals surface area contributed by atoms with Gasteiger partial charge in [-0.05, 0) is 12.1 Å². The lowest BCUT2D eigenvalue weighted by Gasteiger charge is -2.25. The van der Waals surface area contributed by atoms with E-state index in [1.54, 1.807) is 15.8 Å². The van der Waals surface area contributed by atoms with Crippen molar-refractivity contribution < 1.29 is 4.79 Å². The minimum absolute atomic E-state index is 0.0297. The third kappa shape index (κ3) is 2.33. The van der Waals surface area contributed by atoms with Crippen LogP contribution in [0.2, 0.25) is 0 Å². The smallest absolute Gasteiger partial charge is 0.237 e. The van der Waals surface area contributed by atoms with E-state index < -0.39 is 0 Å². The first-order valence-corrected chi connectivity index (χ1v) is 6.64. The Labute approximate surface area is 115 Å². The van der Waals surface area contributed by atoms with Gasteiger partial charge < -0.3 is 4.90 Å². The number of aromatic nitrogens is 3. The highest BCUT2D eigenvalue weighted by Gasteiger charge is 2.22. The molecule has 3 rings (SSSR count). The summed E-state index contributed by atoms with van der Waals surface area (Å²) in [5.74, 6) is 0.786. The van der Waals surface area contributed by atoms with Gasteiger partial charge >= 0.3 is 0 Å². The average Bonchev–Trinajstić information content (AvgIpc) is 2.90. The van der Waals surface area contributed by atoms with Crippen LogP contribution in [0.1, 0.15) is 11.3 Å². The average molecular weight is 277 g/mol. The van der Waals surface area contributed by atoms with Crippen LogP contribution in [0.4, 0.5) is 0 Å². The van der Waals surface area contributed by atoms with Gasteiger partial charge in [0.25, 0.3) is 0 Å². The standard InChI is InChI=1S/C13H13ClN4O/c14-7-13(19)17-6-4-11-10(8-17)9-18(16-11)12-3-1-2-5-15-12/h1-3,5,9H,4,6-8H2. The molecule has 19 heavy (non-hydrogen) atoms. The highest BCUT2D eigenvalue weighted by molar-refractivity contribution is 6.27. The zero-order chi connectivity index (χ0) is 13.2. The number of hydrogen-bond acceptors (Lipinski definition) is 3. The van der Waals surface area contributed by atoms with Crippen molar-refractivity contribution in [3.05, 3.63) is 41.9 Å². The van der Waals surface area contributed by atoms with Crippen LogP contribution in [-0.4, -0.2) is 38.0 Å². The number of halogens is 1. The first-order chi connectivity index (χ1) is 9.28. The molecule has 0 atom stereocenters. The van der Waals surface area contributed by atoms with E-state index >= 15 is 0 Å². The Morgan fingerprint density at radius 1 is 1.42 bits per heavy atom. The maximum atomic E-state index is 11.6. The largest absolute Gasteiger partial charge is 0.337 e. The first kappa shape index (κ1) is 12.2. The lowest BCUT2D eigenvalue weighted by molar-refractivity contribution is -0.129. The number of rotatable bonds is 2. The molecule has 1 aliphatic heterocycles. The Kier molecular flexibility index (Phi) is 3.21. The number of amides is 1. The molecule has 0 bridgehead atoms. The van der Waals surface area contributed by atoms with Gasteiger partial charge in [0, 0.05) is 37.5 Å². The van der Waals surface area contributed by atoms with Crippen molar-refractivity contribution in [1.29, 1.82) is 0 Å². The van der Waals surface area contributed by atoms with Gasteiger partial charge in [-0.15, -0.1) is 11.6 Å². The normalized spacial score (nSPS) is 14.3. The Balaban J connectivity index is 1.87. The van der Waals surface area contributed by atoms with Gasteiger partial charge in [-0.3, -0.25) is 4.79 Å². The minimum Gasteiger partial charge on any atom is -0.337 e. The minimum atomic E-state index is -0.0297. The highest BCUT2D eigenvalue weighted by atomic mass is 35.5. The third-order valence-corrected chi connectivity index (χ3v) is 3.44. The molecule has 0 aromatic carbocycles. The molecule has 0 fully saturated rings. The van der Waals surface area contributed by atoms with Crippen molar-refractivity contribution in [3.63, 3.8) is 0 Å². The number of alkyl halides is 1. The van der Waals surface area contributed by atoms with E-state index in [4.69, 9.17) is 11.6 Å². The quantitative estimate of drug-likeness (QED) is 0.779. The van der Waals surface area contributed by atoms with E-state index in [-0.39, 0.29) is 11.8 Å². The molecule has 1 aliphatic rings. The second kappa shape index (κ2) is 5.01. The molecule has 5 nitrogen and oxygen atoms in total. The fourth-order valence-corrected chi connectivity index (χ4v) is 2.39. The fourth-order valence-electron chi connectivity index (χ4n) is 2.22. The van der Waals surface area contributed by atoms with E-state index in [1.807, 2.05) is 24.4 Å². The molecule has 0 N–H and O–H groups in total. The van der Waals surface area contributed by atoms with Crippen LogP contribution in [0.15, 0.2) is 30.6 Å². The number of pyridine rings is 1. The van der Waals surface area contributed by atoms with Crippen LogP contribution in [0.25, 0.3) is 5.82 Å². The molecular weight excluding hydrogens is 264 g/mol. The van der Waals surface area contributed by atoms with Crippen LogP contribution in [0, 0.1) is 0 Å². The molecule has 98 valence electrons. The van der Waals surface area contributed by atoms with Crippen molar-refractivity contribution >= 4 is 17.5 Å². The number of carbonyl (C=O) groups excluding carboxylic acids is 1. The second-order valence-electron chi connectivity index (χ2n) is 4.43. The topological polar surface area (TPSA) is 51.0 Å². The monoisotopic (exact) mass is 276 g/mol. The van der Waals surface area contributed by atoms with Gasteiger partial charge in [-0.2, -0.15) is 5.10 Å². The van der Waals surface area contributed by atoms with Gasteiger partial charge in [-0.25, -0.2) is 9.67 Å². The van der Waals surface area contributed by atoms with Crippen molar-refractivity contribution in [2.24, 2.45) is 0 Å². The van der Waals surface area contributed by atoms with Crippen LogP contribution in [0.3, 0.4) is 0 Å². The summed E-state index contributed by atoms with van der Waals surface area (Å²) in [6, 6.07) is 5.69. The number of fused-ring (bicyclic) bond motifs is 1. The van der Waals surface area contributed by atoms with E-state index in [0.717, 1.165) is 23.5 Å². The number of carbonyl (C=O) groups is 1. The predicted molar refractivity (Wildman–Crippen MR) is 71.2 cm³/mol. The highest BCUT2D eigenvalue weighted by Crippen LogP contribution is 2.19. The molecule has 2 aromatic heterocycles. The molecule has 6 heteroatoms.